The fraction of sp³-hybridized carbons (Fsp3) is 0.235. The summed E-state index contributed by atoms with van der Waals surface area (Å²) in [4.78, 5) is 12.5. The standard InChI is InChI=1S/C17H19ClN2O4S/c1-11(2)20-25(22,23)14-6-4-5-12(9-14)17(21)19-15-10-13(18)7-8-16(15)24-3/h4-11,20H,1-3H3,(H,19,21). The molecule has 0 bridgehead atoms. The second-order valence-electron chi connectivity index (χ2n) is 5.60. The van der Waals surface area contributed by atoms with Gasteiger partial charge in [0.2, 0.25) is 10.0 Å². The van der Waals surface area contributed by atoms with Gasteiger partial charge in [-0.3, -0.25) is 4.79 Å². The summed E-state index contributed by atoms with van der Waals surface area (Å²) in [6, 6.07) is 10.4. The van der Waals surface area contributed by atoms with Crippen molar-refractivity contribution in [3.8, 4) is 5.75 Å². The zero-order valence-electron chi connectivity index (χ0n) is 14.0. The molecule has 134 valence electrons. The van der Waals surface area contributed by atoms with E-state index < -0.39 is 15.9 Å². The minimum absolute atomic E-state index is 0.0203. The topological polar surface area (TPSA) is 84.5 Å². The Morgan fingerprint density at radius 2 is 1.88 bits per heavy atom. The average Bonchev–Trinajstić information content (AvgIpc) is 2.54. The van der Waals surface area contributed by atoms with Crippen LogP contribution in [0.5, 0.6) is 5.75 Å². The number of carbonyl (C=O) groups excluding carboxylic acids is 1. The molecule has 0 aromatic heterocycles. The van der Waals surface area contributed by atoms with Gasteiger partial charge in [0.1, 0.15) is 5.75 Å². The lowest BCUT2D eigenvalue weighted by Crippen LogP contribution is -2.30. The van der Waals surface area contributed by atoms with Crippen LogP contribution in [0.2, 0.25) is 5.02 Å². The van der Waals surface area contributed by atoms with Crippen molar-refractivity contribution in [1.82, 2.24) is 4.72 Å². The van der Waals surface area contributed by atoms with E-state index in [0.29, 0.717) is 16.5 Å². The highest BCUT2D eigenvalue weighted by molar-refractivity contribution is 7.89. The van der Waals surface area contributed by atoms with Gasteiger partial charge in [-0.25, -0.2) is 13.1 Å². The Morgan fingerprint density at radius 1 is 1.16 bits per heavy atom. The molecule has 0 fully saturated rings. The number of hydrogen-bond donors (Lipinski definition) is 2. The lowest BCUT2D eigenvalue weighted by molar-refractivity contribution is 0.102. The Bertz CT molecular complexity index is 882. The highest BCUT2D eigenvalue weighted by atomic mass is 35.5. The Kier molecular flexibility index (Phi) is 6.05. The van der Waals surface area contributed by atoms with Gasteiger partial charge in [-0.15, -0.1) is 0 Å². The van der Waals surface area contributed by atoms with Gasteiger partial charge in [-0.1, -0.05) is 17.7 Å². The molecule has 1 amide bonds. The summed E-state index contributed by atoms with van der Waals surface area (Å²) in [5.74, 6) is -0.0230. The molecule has 0 aliphatic carbocycles. The van der Waals surface area contributed by atoms with Crippen molar-refractivity contribution in [2.24, 2.45) is 0 Å². The number of hydrogen-bond acceptors (Lipinski definition) is 4. The van der Waals surface area contributed by atoms with Gasteiger partial charge in [-0.2, -0.15) is 0 Å². The maximum atomic E-state index is 12.5. The molecule has 0 atom stereocenters. The Morgan fingerprint density at radius 3 is 2.52 bits per heavy atom. The van der Waals surface area contributed by atoms with Gasteiger partial charge in [0.05, 0.1) is 17.7 Å². The smallest absolute Gasteiger partial charge is 0.255 e. The zero-order chi connectivity index (χ0) is 18.6. The van der Waals surface area contributed by atoms with Crippen LogP contribution in [0.25, 0.3) is 0 Å². The molecule has 2 aromatic carbocycles. The molecule has 6 nitrogen and oxygen atoms in total. The normalized spacial score (nSPS) is 11.4. The largest absolute Gasteiger partial charge is 0.495 e. The number of anilines is 1. The van der Waals surface area contributed by atoms with Crippen molar-refractivity contribution in [2.45, 2.75) is 24.8 Å². The summed E-state index contributed by atoms with van der Waals surface area (Å²) >= 11 is 5.94. The average molecular weight is 383 g/mol. The lowest BCUT2D eigenvalue weighted by atomic mass is 10.2. The van der Waals surface area contributed by atoms with E-state index in [9.17, 15) is 13.2 Å². The first-order chi connectivity index (χ1) is 11.7. The van der Waals surface area contributed by atoms with Crippen molar-refractivity contribution in [2.75, 3.05) is 12.4 Å². The second-order valence-corrected chi connectivity index (χ2v) is 7.75. The predicted molar refractivity (Wildman–Crippen MR) is 97.9 cm³/mol. The van der Waals surface area contributed by atoms with E-state index in [4.69, 9.17) is 16.3 Å². The molecule has 0 aliphatic heterocycles. The van der Waals surface area contributed by atoms with E-state index in [-0.39, 0.29) is 16.5 Å². The maximum absolute atomic E-state index is 12.5. The molecule has 0 saturated carbocycles. The van der Waals surface area contributed by atoms with Crippen molar-refractivity contribution in [3.05, 3.63) is 53.1 Å². The number of nitrogens with one attached hydrogen (secondary N) is 2. The molecule has 0 unspecified atom stereocenters. The molecule has 2 N–H and O–H groups in total. The number of methoxy groups -OCH3 is 1. The summed E-state index contributed by atoms with van der Waals surface area (Å²) < 4.78 is 32.1. The Balaban J connectivity index is 2.30. The molecule has 2 rings (SSSR count). The third-order valence-corrected chi connectivity index (χ3v) is 5.10. The molecule has 25 heavy (non-hydrogen) atoms. The Hall–Kier alpha value is -2.09. The molecule has 0 radical (unpaired) electrons. The molecule has 0 aliphatic rings. The van der Waals surface area contributed by atoms with Gasteiger partial charge >= 0.3 is 0 Å². The number of carbonyl (C=O) groups is 1. The van der Waals surface area contributed by atoms with Crippen LogP contribution in [0.3, 0.4) is 0 Å². The first-order valence-corrected chi connectivity index (χ1v) is 9.36. The molecule has 0 spiro atoms. The number of rotatable bonds is 6. The van der Waals surface area contributed by atoms with E-state index in [0.717, 1.165) is 0 Å². The van der Waals surface area contributed by atoms with Crippen LogP contribution in [0.15, 0.2) is 47.4 Å². The van der Waals surface area contributed by atoms with E-state index in [1.807, 2.05) is 0 Å². The van der Waals surface area contributed by atoms with Crippen LogP contribution in [0, 0.1) is 0 Å². The van der Waals surface area contributed by atoms with Gasteiger partial charge in [0, 0.05) is 16.6 Å². The highest BCUT2D eigenvalue weighted by Crippen LogP contribution is 2.28. The van der Waals surface area contributed by atoms with Crippen LogP contribution < -0.4 is 14.8 Å². The quantitative estimate of drug-likeness (QED) is 0.802. The molecule has 2 aromatic rings. The molecule has 0 saturated heterocycles. The van der Waals surface area contributed by atoms with Crippen LogP contribution >= 0.6 is 11.6 Å². The van der Waals surface area contributed by atoms with Crippen molar-refractivity contribution in [3.63, 3.8) is 0 Å². The van der Waals surface area contributed by atoms with Gasteiger partial charge in [-0.05, 0) is 50.2 Å². The number of halogens is 1. The third-order valence-electron chi connectivity index (χ3n) is 3.21. The SMILES string of the molecule is COc1ccc(Cl)cc1NC(=O)c1cccc(S(=O)(=O)NC(C)C)c1. The van der Waals surface area contributed by atoms with E-state index in [1.54, 1.807) is 32.0 Å². The molecule has 8 heteroatoms. The number of sulfonamides is 1. The zero-order valence-corrected chi connectivity index (χ0v) is 15.6. The lowest BCUT2D eigenvalue weighted by Gasteiger charge is -2.12. The van der Waals surface area contributed by atoms with Crippen LogP contribution in [-0.2, 0) is 10.0 Å². The van der Waals surface area contributed by atoms with Crippen LogP contribution in [0.1, 0.15) is 24.2 Å². The van der Waals surface area contributed by atoms with Crippen LogP contribution in [0.4, 0.5) is 5.69 Å². The predicted octanol–water partition coefficient (Wildman–Crippen LogP) is 3.29. The Labute approximate surface area is 152 Å². The maximum Gasteiger partial charge on any atom is 0.255 e. The number of benzene rings is 2. The van der Waals surface area contributed by atoms with E-state index >= 15 is 0 Å². The van der Waals surface area contributed by atoms with Crippen molar-refractivity contribution in [1.29, 1.82) is 0 Å². The minimum atomic E-state index is -3.68. The van der Waals surface area contributed by atoms with Crippen LogP contribution in [-0.4, -0.2) is 27.5 Å². The summed E-state index contributed by atoms with van der Waals surface area (Å²) in [6.45, 7) is 3.44. The summed E-state index contributed by atoms with van der Waals surface area (Å²) in [6.07, 6.45) is 0. The van der Waals surface area contributed by atoms with Gasteiger partial charge in [0.25, 0.3) is 5.91 Å². The first kappa shape index (κ1) is 19.2. The van der Waals surface area contributed by atoms with Gasteiger partial charge in [0.15, 0.2) is 0 Å². The third kappa shape index (κ3) is 4.94. The molecular weight excluding hydrogens is 364 g/mol. The monoisotopic (exact) mass is 382 g/mol. The molecular formula is C17H19ClN2O4S. The second kappa shape index (κ2) is 7.86. The summed E-state index contributed by atoms with van der Waals surface area (Å²) in [5.41, 5.74) is 0.599. The number of amides is 1. The summed E-state index contributed by atoms with van der Waals surface area (Å²) in [5, 5.41) is 3.11. The molecule has 0 heterocycles. The van der Waals surface area contributed by atoms with E-state index in [1.165, 1.54) is 31.4 Å². The van der Waals surface area contributed by atoms with E-state index in [2.05, 4.69) is 10.0 Å². The highest BCUT2D eigenvalue weighted by Gasteiger charge is 2.18. The minimum Gasteiger partial charge on any atom is -0.495 e. The fourth-order valence-corrected chi connectivity index (χ4v) is 3.62. The van der Waals surface area contributed by atoms with Crippen molar-refractivity contribution >= 4 is 33.2 Å². The van der Waals surface area contributed by atoms with Crippen molar-refractivity contribution < 1.29 is 17.9 Å². The fourth-order valence-electron chi connectivity index (χ4n) is 2.16. The first-order valence-electron chi connectivity index (χ1n) is 7.50. The number of ether oxygens (including phenoxy) is 1. The summed E-state index contributed by atoms with van der Waals surface area (Å²) in [7, 11) is -2.21. The van der Waals surface area contributed by atoms with Gasteiger partial charge < -0.3 is 10.1 Å².